The van der Waals surface area contributed by atoms with Crippen LogP contribution < -0.4 is 4.74 Å². The number of methoxy groups -OCH3 is 2. The van der Waals surface area contributed by atoms with Crippen molar-refractivity contribution in [3.05, 3.63) is 53.9 Å². The first kappa shape index (κ1) is 22.0. The van der Waals surface area contributed by atoms with E-state index in [0.717, 1.165) is 5.56 Å². The summed E-state index contributed by atoms with van der Waals surface area (Å²) in [6.45, 7) is 1.72. The van der Waals surface area contributed by atoms with Crippen LogP contribution in [0.15, 0.2) is 57.0 Å². The van der Waals surface area contributed by atoms with Crippen LogP contribution in [0.1, 0.15) is 11.5 Å². The van der Waals surface area contributed by atoms with E-state index >= 15 is 0 Å². The largest absolute Gasteiger partial charge is 0.504 e. The standard InChI is InChI=1S/C21H20N4O5S/c1-12-22-19(25-30-12)13-5-8-15(9-6-13)23-18(20(31-4)24-21(27)29-3)14-7-10-17(28-2)16(26)11-14/h5-11,26H,1-4H3/b23-18-,24-20-. The average Bonchev–Trinajstić information content (AvgIpc) is 3.22. The summed E-state index contributed by atoms with van der Waals surface area (Å²) in [5.74, 6) is 1.21. The Hall–Kier alpha value is -3.66. The Morgan fingerprint density at radius 1 is 1.16 bits per heavy atom. The lowest BCUT2D eigenvalue weighted by atomic mass is 10.1. The second-order valence-corrected chi connectivity index (χ2v) is 6.92. The topological polar surface area (TPSA) is 119 Å². The molecule has 10 heteroatoms. The highest BCUT2D eigenvalue weighted by Gasteiger charge is 2.16. The Morgan fingerprint density at radius 2 is 1.90 bits per heavy atom. The minimum atomic E-state index is -0.752. The normalized spacial score (nSPS) is 12.0. The molecule has 0 saturated heterocycles. The van der Waals surface area contributed by atoms with Gasteiger partial charge in [0.05, 0.1) is 19.9 Å². The van der Waals surface area contributed by atoms with Crippen molar-refractivity contribution >= 4 is 34.3 Å². The zero-order valence-corrected chi connectivity index (χ0v) is 18.1. The Labute approximate surface area is 182 Å². The summed E-state index contributed by atoms with van der Waals surface area (Å²) >= 11 is 1.23. The van der Waals surface area contributed by atoms with Crippen molar-refractivity contribution in [1.82, 2.24) is 10.1 Å². The van der Waals surface area contributed by atoms with Gasteiger partial charge in [0.2, 0.25) is 11.7 Å². The van der Waals surface area contributed by atoms with Crippen LogP contribution >= 0.6 is 11.8 Å². The minimum Gasteiger partial charge on any atom is -0.504 e. The van der Waals surface area contributed by atoms with Crippen molar-refractivity contribution in [2.75, 3.05) is 20.5 Å². The second-order valence-electron chi connectivity index (χ2n) is 6.12. The summed E-state index contributed by atoms with van der Waals surface area (Å²) in [6, 6.07) is 12.0. The Balaban J connectivity index is 2.06. The SMILES string of the molecule is COC(=O)/N=C(SC)/C(=N\c1ccc(-c2noc(C)n2)cc1)c1ccc(OC)c(O)c1. The van der Waals surface area contributed by atoms with E-state index in [4.69, 9.17) is 9.26 Å². The molecule has 3 rings (SSSR count). The van der Waals surface area contributed by atoms with Crippen LogP contribution in [0.4, 0.5) is 10.5 Å². The van der Waals surface area contributed by atoms with Gasteiger partial charge in [-0.2, -0.15) is 9.98 Å². The molecule has 3 aromatic rings. The lowest BCUT2D eigenvalue weighted by Gasteiger charge is -2.11. The number of phenolic OH excluding ortho intramolecular Hbond substituents is 1. The van der Waals surface area contributed by atoms with Crippen molar-refractivity contribution in [3.8, 4) is 22.9 Å². The summed E-state index contributed by atoms with van der Waals surface area (Å²) < 4.78 is 14.8. The molecule has 0 aliphatic carbocycles. The number of hydrogen-bond donors (Lipinski definition) is 1. The molecule has 1 N–H and O–H groups in total. The van der Waals surface area contributed by atoms with E-state index in [1.165, 1.54) is 32.0 Å². The number of benzene rings is 2. The number of amides is 1. The van der Waals surface area contributed by atoms with Crippen LogP contribution in [0.2, 0.25) is 0 Å². The molecule has 2 aromatic carbocycles. The fourth-order valence-electron chi connectivity index (χ4n) is 2.63. The fraction of sp³-hybridized carbons (Fsp3) is 0.190. The predicted molar refractivity (Wildman–Crippen MR) is 119 cm³/mol. The van der Waals surface area contributed by atoms with Crippen LogP contribution in [0.3, 0.4) is 0 Å². The Morgan fingerprint density at radius 3 is 2.45 bits per heavy atom. The van der Waals surface area contributed by atoms with Crippen LogP contribution in [0, 0.1) is 6.92 Å². The third-order valence-corrected chi connectivity index (χ3v) is 4.78. The van der Waals surface area contributed by atoms with Crippen LogP contribution in [-0.2, 0) is 4.74 Å². The number of nitrogens with zero attached hydrogens (tertiary/aromatic N) is 4. The highest BCUT2D eigenvalue weighted by atomic mass is 32.2. The van der Waals surface area contributed by atoms with Gasteiger partial charge in [0, 0.05) is 18.1 Å². The smallest absolute Gasteiger partial charge is 0.434 e. The third kappa shape index (κ3) is 5.28. The second kappa shape index (κ2) is 9.90. The molecule has 0 bridgehead atoms. The van der Waals surface area contributed by atoms with Crippen LogP contribution in [-0.4, -0.2) is 52.6 Å². The molecular weight excluding hydrogens is 420 g/mol. The van der Waals surface area contributed by atoms with E-state index in [1.807, 2.05) is 12.1 Å². The predicted octanol–water partition coefficient (Wildman–Crippen LogP) is 4.41. The molecule has 160 valence electrons. The van der Waals surface area contributed by atoms with Gasteiger partial charge in [-0.1, -0.05) is 5.16 Å². The van der Waals surface area contributed by atoms with E-state index in [9.17, 15) is 9.90 Å². The number of aromatic hydroxyl groups is 1. The van der Waals surface area contributed by atoms with E-state index in [-0.39, 0.29) is 5.75 Å². The zero-order chi connectivity index (χ0) is 22.4. The monoisotopic (exact) mass is 440 g/mol. The number of aliphatic imine (C=N–C) groups is 2. The number of aromatic nitrogens is 2. The Kier molecular flexibility index (Phi) is 7.03. The van der Waals surface area contributed by atoms with E-state index < -0.39 is 6.09 Å². The van der Waals surface area contributed by atoms with E-state index in [0.29, 0.717) is 39.5 Å². The minimum absolute atomic E-state index is 0.0611. The lowest BCUT2D eigenvalue weighted by molar-refractivity contribution is 0.183. The number of ether oxygens (including phenoxy) is 2. The van der Waals surface area contributed by atoms with Crippen molar-refractivity contribution in [1.29, 1.82) is 0 Å². The number of phenols is 1. The molecule has 0 radical (unpaired) electrons. The van der Waals surface area contributed by atoms with Gasteiger partial charge in [-0.25, -0.2) is 9.79 Å². The van der Waals surface area contributed by atoms with Gasteiger partial charge >= 0.3 is 6.09 Å². The first-order valence-corrected chi connectivity index (χ1v) is 10.3. The number of rotatable bonds is 5. The number of carbonyl (C=O) groups excluding carboxylic acids is 1. The molecule has 9 nitrogen and oxygen atoms in total. The average molecular weight is 440 g/mol. The Bertz CT molecular complexity index is 1140. The number of carbonyl (C=O) groups is 1. The van der Waals surface area contributed by atoms with Crippen LogP contribution in [0.25, 0.3) is 11.4 Å². The van der Waals surface area contributed by atoms with Crippen LogP contribution in [0.5, 0.6) is 11.5 Å². The molecule has 0 spiro atoms. The van der Waals surface area contributed by atoms with Gasteiger partial charge in [0.15, 0.2) is 11.5 Å². The lowest BCUT2D eigenvalue weighted by Crippen LogP contribution is -2.14. The quantitative estimate of drug-likeness (QED) is 0.458. The van der Waals surface area contributed by atoms with E-state index in [2.05, 4.69) is 24.9 Å². The van der Waals surface area contributed by atoms with E-state index in [1.54, 1.807) is 37.4 Å². The maximum atomic E-state index is 11.8. The number of aryl methyl sites for hydroxylation is 1. The molecule has 0 aliphatic rings. The maximum absolute atomic E-state index is 11.8. The number of thioether (sulfide) groups is 1. The van der Waals surface area contributed by atoms with Gasteiger partial charge in [-0.3, -0.25) is 0 Å². The highest BCUT2D eigenvalue weighted by Crippen LogP contribution is 2.29. The molecule has 0 saturated carbocycles. The first-order valence-electron chi connectivity index (χ1n) is 9.03. The summed E-state index contributed by atoms with van der Waals surface area (Å²) in [5.41, 5.74) is 2.31. The van der Waals surface area contributed by atoms with Crippen molar-refractivity contribution in [2.45, 2.75) is 6.92 Å². The molecule has 0 atom stereocenters. The molecule has 1 amide bonds. The molecule has 1 heterocycles. The van der Waals surface area contributed by atoms with Gasteiger partial charge in [0.1, 0.15) is 10.8 Å². The van der Waals surface area contributed by atoms with Gasteiger partial charge in [0.25, 0.3) is 0 Å². The zero-order valence-electron chi connectivity index (χ0n) is 17.3. The summed E-state index contributed by atoms with van der Waals surface area (Å²) in [6.07, 6.45) is 1.01. The van der Waals surface area contributed by atoms with Crippen molar-refractivity contribution in [2.24, 2.45) is 9.98 Å². The maximum Gasteiger partial charge on any atom is 0.434 e. The summed E-state index contributed by atoms with van der Waals surface area (Å²) in [4.78, 5) is 24.6. The molecule has 0 aliphatic heterocycles. The summed E-state index contributed by atoms with van der Waals surface area (Å²) in [5, 5.41) is 14.4. The molecule has 1 aromatic heterocycles. The molecular formula is C21H20N4O5S. The van der Waals surface area contributed by atoms with Gasteiger partial charge in [-0.05, 0) is 48.7 Å². The third-order valence-electron chi connectivity index (χ3n) is 4.11. The van der Waals surface area contributed by atoms with Gasteiger partial charge in [-0.15, -0.1) is 11.8 Å². The number of hydrogen-bond acceptors (Lipinski definition) is 9. The van der Waals surface area contributed by atoms with Crippen molar-refractivity contribution in [3.63, 3.8) is 0 Å². The highest BCUT2D eigenvalue weighted by molar-refractivity contribution is 8.15. The van der Waals surface area contributed by atoms with Gasteiger partial charge < -0.3 is 19.1 Å². The summed E-state index contributed by atoms with van der Waals surface area (Å²) in [7, 11) is 2.71. The first-order chi connectivity index (χ1) is 14.9. The molecule has 0 fully saturated rings. The molecule has 0 unspecified atom stereocenters. The fourth-order valence-corrected chi connectivity index (χ4v) is 3.15. The molecule has 31 heavy (non-hydrogen) atoms. The van der Waals surface area contributed by atoms with Crippen molar-refractivity contribution < 1.29 is 23.9 Å².